The van der Waals surface area contributed by atoms with Gasteiger partial charge in [0.15, 0.2) is 0 Å². The lowest BCUT2D eigenvalue weighted by Crippen LogP contribution is -2.13. The summed E-state index contributed by atoms with van der Waals surface area (Å²) >= 11 is 0. The van der Waals surface area contributed by atoms with E-state index in [-0.39, 0.29) is 11.8 Å². The Morgan fingerprint density at radius 2 is 0.696 bits per heavy atom. The van der Waals surface area contributed by atoms with Crippen molar-refractivity contribution >= 4 is 43.6 Å². The zero-order valence-electron chi connectivity index (χ0n) is 54.9. The number of hydrogen-bond acceptors (Lipinski definition) is 5. The summed E-state index contributed by atoms with van der Waals surface area (Å²) in [5, 5.41) is 44.8. The molecule has 3 aromatic heterocycles. The average Bonchev–Trinajstić information content (AvgIpc) is 1.73. The monoisotopic (exact) mass is 1290 g/mol. The molecule has 2 aliphatic rings. The molecule has 0 aliphatic heterocycles. The number of rotatable bonds is 10. The van der Waals surface area contributed by atoms with Crippen molar-refractivity contribution in [1.29, 1.82) is 21.0 Å². The van der Waals surface area contributed by atoms with Gasteiger partial charge in [-0.2, -0.15) is 21.0 Å². The molecule has 0 saturated heterocycles. The van der Waals surface area contributed by atoms with Crippen LogP contribution < -0.4 is 0 Å². The Morgan fingerprint density at radius 1 is 0.265 bits per heavy atom. The average molecular weight is 1290 g/mol. The van der Waals surface area contributed by atoms with Crippen LogP contribution in [0.4, 0.5) is 0 Å². The first-order valence-electron chi connectivity index (χ1n) is 34.2. The minimum Gasteiger partial charge on any atom is -0.309 e. The second-order valence-electron chi connectivity index (χ2n) is 26.4. The maximum Gasteiger partial charge on any atom is 0.0991 e. The Labute approximate surface area is 589 Å². The van der Waals surface area contributed by atoms with E-state index in [0.29, 0.717) is 22.3 Å². The molecule has 1 atom stereocenters. The minimum atomic E-state index is -0.380. The molecule has 2 aliphatic carbocycles. The third-order valence-corrected chi connectivity index (χ3v) is 21.0. The number of para-hydroxylation sites is 1. The van der Waals surface area contributed by atoms with E-state index in [2.05, 4.69) is 294 Å². The molecular formula is C95H55N7. The van der Waals surface area contributed by atoms with Gasteiger partial charge in [0.25, 0.3) is 0 Å². The molecule has 17 aromatic rings. The first-order valence-corrected chi connectivity index (χ1v) is 34.2. The van der Waals surface area contributed by atoms with Gasteiger partial charge in [0.05, 0.1) is 91.6 Å². The summed E-state index contributed by atoms with van der Waals surface area (Å²) in [5.41, 5.74) is 30.9. The van der Waals surface area contributed by atoms with Gasteiger partial charge in [-0.1, -0.05) is 224 Å². The Kier molecular flexibility index (Phi) is 13.8. The van der Waals surface area contributed by atoms with E-state index >= 15 is 0 Å². The van der Waals surface area contributed by atoms with E-state index in [4.69, 9.17) is 4.98 Å². The fraction of sp³-hybridized carbons (Fsp3) is 0.0211. The van der Waals surface area contributed by atoms with Crippen LogP contribution in [0, 0.1) is 45.3 Å². The number of aromatic nitrogens is 3. The number of nitriles is 4. The molecule has 19 rings (SSSR count). The van der Waals surface area contributed by atoms with Gasteiger partial charge >= 0.3 is 0 Å². The van der Waals surface area contributed by atoms with E-state index in [1.165, 1.54) is 0 Å². The third-order valence-electron chi connectivity index (χ3n) is 21.0. The fourth-order valence-electron chi connectivity index (χ4n) is 16.5. The molecule has 470 valence electrons. The summed E-state index contributed by atoms with van der Waals surface area (Å²) < 4.78 is 4.76. The Bertz CT molecular complexity index is 6400. The van der Waals surface area contributed by atoms with Gasteiger partial charge < -0.3 is 9.13 Å². The molecule has 0 spiro atoms. The molecule has 0 bridgehead atoms. The minimum absolute atomic E-state index is 0.181. The second kappa shape index (κ2) is 23.8. The topological polar surface area (TPSA) is 118 Å². The Morgan fingerprint density at radius 3 is 1.32 bits per heavy atom. The predicted octanol–water partition coefficient (Wildman–Crippen LogP) is 23.1. The Hall–Kier alpha value is -14.2. The summed E-state index contributed by atoms with van der Waals surface area (Å²) in [7, 11) is 0. The molecule has 14 aromatic carbocycles. The summed E-state index contributed by atoms with van der Waals surface area (Å²) in [4.78, 5) is 6.49. The third kappa shape index (κ3) is 9.35. The maximum atomic E-state index is 10.2. The van der Waals surface area contributed by atoms with Crippen LogP contribution in [0.15, 0.2) is 322 Å². The standard InChI is InChI=1S/C95H55N7/c96-54-58-28-42-76-79(48-58)80-49-59(55-97)29-43-77(80)89(76)65-32-34-67(35-33-65)93-90(66-36-40-70(41-37-66)101-86-45-30-60(56-98)50-82(86)83-51-61(57-99)31-46-87(83)101)92(74-25-12-10-22-71(74)64-20-8-3-9-21-64)95(102-85-27-15-14-24-73(85)84-53-69(39-47-88(84)102)63-18-6-2-7-19-63)94(100-93)91-75-26-13-11-23-72(75)81-52-68(38-44-78(81)91)62-16-4-1-5-17-62/h1-53,89,91H. The fourth-order valence-corrected chi connectivity index (χ4v) is 16.5. The van der Waals surface area contributed by atoms with Gasteiger partial charge in [-0.15, -0.1) is 0 Å². The summed E-state index contributed by atoms with van der Waals surface area (Å²) in [6.07, 6.45) is 0. The zero-order chi connectivity index (χ0) is 68.1. The number of hydrogen-bond donors (Lipinski definition) is 0. The van der Waals surface area contributed by atoms with Crippen LogP contribution in [0.25, 0.3) is 144 Å². The lowest BCUT2D eigenvalue weighted by Gasteiger charge is -2.28. The van der Waals surface area contributed by atoms with Crippen molar-refractivity contribution in [3.05, 3.63) is 377 Å². The van der Waals surface area contributed by atoms with E-state index < -0.39 is 0 Å². The van der Waals surface area contributed by atoms with Gasteiger partial charge in [-0.3, -0.25) is 0 Å². The van der Waals surface area contributed by atoms with Crippen LogP contribution in [0.3, 0.4) is 0 Å². The zero-order valence-corrected chi connectivity index (χ0v) is 54.9. The molecule has 0 radical (unpaired) electrons. The molecule has 0 saturated carbocycles. The van der Waals surface area contributed by atoms with Gasteiger partial charge in [-0.25, -0.2) is 4.98 Å². The SMILES string of the molecule is N#Cc1ccc2c(c1)-c1cc(C#N)ccc1C2c1ccc(-c2nc(C3c4ccccc4-c4cc(-c5ccccc5)ccc43)c(-n3c4ccccc4c4cc(-c5ccccc5)ccc43)c(-c3ccccc3-c3ccccc3)c2-c2ccc(-n3c4ccc(C#N)cc4c4cc(C#N)ccc43)cc2)cc1. The largest absolute Gasteiger partial charge is 0.309 e. The summed E-state index contributed by atoms with van der Waals surface area (Å²) in [6, 6.07) is 123. The van der Waals surface area contributed by atoms with Crippen molar-refractivity contribution in [2.45, 2.75) is 11.8 Å². The normalized spacial score (nSPS) is 12.7. The number of fused-ring (bicyclic) bond motifs is 12. The number of benzene rings is 14. The highest BCUT2D eigenvalue weighted by Gasteiger charge is 2.38. The molecule has 7 heteroatoms. The van der Waals surface area contributed by atoms with Crippen molar-refractivity contribution in [2.24, 2.45) is 0 Å². The first-order chi connectivity index (χ1) is 50.4. The maximum absolute atomic E-state index is 10.2. The van der Waals surface area contributed by atoms with Crippen molar-refractivity contribution < 1.29 is 0 Å². The second-order valence-corrected chi connectivity index (χ2v) is 26.4. The van der Waals surface area contributed by atoms with Crippen LogP contribution in [0.1, 0.15) is 67.6 Å². The van der Waals surface area contributed by atoms with Crippen molar-refractivity contribution in [3.63, 3.8) is 0 Å². The van der Waals surface area contributed by atoms with E-state index in [1.807, 2.05) is 60.7 Å². The molecule has 7 nitrogen and oxygen atoms in total. The van der Waals surface area contributed by atoms with Gasteiger partial charge in [0, 0.05) is 49.8 Å². The first kappa shape index (κ1) is 59.1. The molecule has 102 heavy (non-hydrogen) atoms. The van der Waals surface area contributed by atoms with Crippen molar-refractivity contribution in [1.82, 2.24) is 14.1 Å². The van der Waals surface area contributed by atoms with Crippen LogP contribution >= 0.6 is 0 Å². The highest BCUT2D eigenvalue weighted by Crippen LogP contribution is 2.57. The van der Waals surface area contributed by atoms with Gasteiger partial charge in [0.1, 0.15) is 0 Å². The van der Waals surface area contributed by atoms with E-state index in [1.54, 1.807) is 0 Å². The van der Waals surface area contributed by atoms with Crippen LogP contribution in [-0.4, -0.2) is 14.1 Å². The molecule has 3 heterocycles. The molecule has 0 fully saturated rings. The summed E-state index contributed by atoms with van der Waals surface area (Å²) in [6.45, 7) is 0. The van der Waals surface area contributed by atoms with E-state index in [0.717, 1.165) is 178 Å². The van der Waals surface area contributed by atoms with Crippen molar-refractivity contribution in [2.75, 3.05) is 0 Å². The molecular weight excluding hydrogens is 1240 g/mol. The molecule has 1 unspecified atom stereocenters. The highest BCUT2D eigenvalue weighted by atomic mass is 15.0. The van der Waals surface area contributed by atoms with Gasteiger partial charge in [0.2, 0.25) is 0 Å². The van der Waals surface area contributed by atoms with Gasteiger partial charge in [-0.05, 0) is 192 Å². The number of nitrogens with zero attached hydrogens (tertiary/aromatic N) is 7. The Balaban J connectivity index is 0.954. The van der Waals surface area contributed by atoms with Crippen LogP contribution in [0.5, 0.6) is 0 Å². The number of pyridine rings is 1. The van der Waals surface area contributed by atoms with Crippen LogP contribution in [-0.2, 0) is 0 Å². The smallest absolute Gasteiger partial charge is 0.0991 e. The predicted molar refractivity (Wildman–Crippen MR) is 410 cm³/mol. The lowest BCUT2D eigenvalue weighted by atomic mass is 9.82. The summed E-state index contributed by atoms with van der Waals surface area (Å²) in [5.74, 6) is -0.561. The lowest BCUT2D eigenvalue weighted by molar-refractivity contribution is 0.923. The quantitative estimate of drug-likeness (QED) is 0.135. The molecule has 0 amide bonds. The van der Waals surface area contributed by atoms with E-state index in [9.17, 15) is 21.0 Å². The highest BCUT2D eigenvalue weighted by molar-refractivity contribution is 6.14. The van der Waals surface area contributed by atoms with Crippen molar-refractivity contribution in [3.8, 4) is 125 Å². The molecule has 0 N–H and O–H groups in total. The van der Waals surface area contributed by atoms with Crippen LogP contribution in [0.2, 0.25) is 0 Å².